The lowest BCUT2D eigenvalue weighted by atomic mass is 10.1. The van der Waals surface area contributed by atoms with Gasteiger partial charge in [0.25, 0.3) is 0 Å². The van der Waals surface area contributed by atoms with E-state index in [2.05, 4.69) is 56.4 Å². The van der Waals surface area contributed by atoms with Gasteiger partial charge in [-0.25, -0.2) is 0 Å². The summed E-state index contributed by atoms with van der Waals surface area (Å²) in [5.41, 5.74) is 6.93. The Morgan fingerprint density at radius 2 is 1.55 bits per heavy atom. The molecule has 1 N–H and O–H groups in total. The van der Waals surface area contributed by atoms with Crippen LogP contribution in [0.3, 0.4) is 0 Å². The predicted octanol–water partition coefficient (Wildman–Crippen LogP) is 6.86. The van der Waals surface area contributed by atoms with Crippen LogP contribution in [0.2, 0.25) is 5.02 Å². The SMILES string of the molecule is CCOc1cc(CNc2ccc(C)c(C)c2)c(Cl)cc1OCc1ccccc1C. The summed E-state index contributed by atoms with van der Waals surface area (Å²) in [5, 5.41) is 4.10. The summed E-state index contributed by atoms with van der Waals surface area (Å²) in [6.45, 7) is 9.92. The van der Waals surface area contributed by atoms with Crippen molar-refractivity contribution >= 4 is 17.3 Å². The summed E-state index contributed by atoms with van der Waals surface area (Å²) in [4.78, 5) is 0. The monoisotopic (exact) mass is 409 g/mol. The highest BCUT2D eigenvalue weighted by molar-refractivity contribution is 6.31. The molecule has 0 fully saturated rings. The number of hydrogen-bond acceptors (Lipinski definition) is 3. The fourth-order valence-corrected chi connectivity index (χ4v) is 3.29. The molecule has 0 aliphatic carbocycles. The molecule has 0 unspecified atom stereocenters. The topological polar surface area (TPSA) is 30.5 Å². The fraction of sp³-hybridized carbons (Fsp3) is 0.280. The quantitative estimate of drug-likeness (QED) is 0.441. The lowest BCUT2D eigenvalue weighted by Gasteiger charge is -2.16. The van der Waals surface area contributed by atoms with Crippen LogP contribution in [0, 0.1) is 20.8 Å². The molecule has 0 amide bonds. The second-order valence-electron chi connectivity index (χ2n) is 7.19. The van der Waals surface area contributed by atoms with E-state index < -0.39 is 0 Å². The van der Waals surface area contributed by atoms with Crippen molar-refractivity contribution in [3.63, 3.8) is 0 Å². The highest BCUT2D eigenvalue weighted by Crippen LogP contribution is 2.35. The van der Waals surface area contributed by atoms with Gasteiger partial charge in [0, 0.05) is 23.3 Å². The number of benzene rings is 3. The van der Waals surface area contributed by atoms with Crippen LogP contribution in [-0.4, -0.2) is 6.61 Å². The van der Waals surface area contributed by atoms with E-state index in [1.165, 1.54) is 16.7 Å². The third-order valence-corrected chi connectivity index (χ3v) is 5.40. The molecular weight excluding hydrogens is 382 g/mol. The molecule has 3 rings (SSSR count). The summed E-state index contributed by atoms with van der Waals surface area (Å²) in [5.74, 6) is 1.37. The van der Waals surface area contributed by atoms with Gasteiger partial charge in [0.1, 0.15) is 6.61 Å². The minimum absolute atomic E-state index is 0.476. The molecule has 3 aromatic carbocycles. The molecule has 0 atom stereocenters. The van der Waals surface area contributed by atoms with E-state index in [1.807, 2.05) is 31.2 Å². The summed E-state index contributed by atoms with van der Waals surface area (Å²) in [6.07, 6.45) is 0. The third kappa shape index (κ3) is 5.45. The van der Waals surface area contributed by atoms with Crippen molar-refractivity contribution in [2.45, 2.75) is 40.8 Å². The number of nitrogens with one attached hydrogen (secondary N) is 1. The van der Waals surface area contributed by atoms with Crippen molar-refractivity contribution in [1.29, 1.82) is 0 Å². The average Bonchev–Trinajstić information content (AvgIpc) is 2.70. The highest BCUT2D eigenvalue weighted by atomic mass is 35.5. The Kier molecular flexibility index (Phi) is 7.05. The zero-order valence-electron chi connectivity index (χ0n) is 17.5. The van der Waals surface area contributed by atoms with Crippen LogP contribution < -0.4 is 14.8 Å². The number of halogens is 1. The zero-order valence-corrected chi connectivity index (χ0v) is 18.3. The number of rotatable bonds is 8. The molecule has 0 aliphatic heterocycles. The van der Waals surface area contributed by atoms with Gasteiger partial charge in [-0.15, -0.1) is 0 Å². The first kappa shape index (κ1) is 21.1. The second-order valence-corrected chi connectivity index (χ2v) is 7.60. The maximum absolute atomic E-state index is 6.56. The van der Waals surface area contributed by atoms with Crippen LogP contribution in [-0.2, 0) is 13.2 Å². The van der Waals surface area contributed by atoms with Crippen molar-refractivity contribution in [2.75, 3.05) is 11.9 Å². The van der Waals surface area contributed by atoms with Gasteiger partial charge in [-0.3, -0.25) is 0 Å². The van der Waals surface area contributed by atoms with E-state index in [4.69, 9.17) is 21.1 Å². The van der Waals surface area contributed by atoms with E-state index in [0.29, 0.717) is 36.3 Å². The van der Waals surface area contributed by atoms with Crippen LogP contribution in [0.4, 0.5) is 5.69 Å². The average molecular weight is 410 g/mol. The van der Waals surface area contributed by atoms with Gasteiger partial charge in [-0.2, -0.15) is 0 Å². The first-order valence-corrected chi connectivity index (χ1v) is 10.3. The Balaban J connectivity index is 1.76. The molecule has 152 valence electrons. The molecule has 3 nitrogen and oxygen atoms in total. The van der Waals surface area contributed by atoms with E-state index in [1.54, 1.807) is 0 Å². The van der Waals surface area contributed by atoms with E-state index in [9.17, 15) is 0 Å². The Bertz CT molecular complexity index is 985. The Hall–Kier alpha value is -2.65. The van der Waals surface area contributed by atoms with Gasteiger partial charge >= 0.3 is 0 Å². The van der Waals surface area contributed by atoms with Crippen LogP contribution >= 0.6 is 11.6 Å². The van der Waals surface area contributed by atoms with Crippen LogP contribution in [0.25, 0.3) is 0 Å². The Morgan fingerprint density at radius 1 is 0.793 bits per heavy atom. The molecule has 0 saturated carbocycles. The predicted molar refractivity (Wildman–Crippen MR) is 121 cm³/mol. The molecule has 0 saturated heterocycles. The lowest BCUT2D eigenvalue weighted by Crippen LogP contribution is -2.04. The van der Waals surface area contributed by atoms with Crippen molar-refractivity contribution < 1.29 is 9.47 Å². The first-order chi connectivity index (χ1) is 14.0. The minimum Gasteiger partial charge on any atom is -0.490 e. The Labute approximate surface area is 178 Å². The minimum atomic E-state index is 0.476. The summed E-state index contributed by atoms with van der Waals surface area (Å²) >= 11 is 6.56. The third-order valence-electron chi connectivity index (χ3n) is 5.05. The van der Waals surface area contributed by atoms with Gasteiger partial charge in [-0.05, 0) is 73.7 Å². The number of aryl methyl sites for hydroxylation is 3. The molecule has 29 heavy (non-hydrogen) atoms. The zero-order chi connectivity index (χ0) is 20.8. The van der Waals surface area contributed by atoms with Gasteiger partial charge in [0.15, 0.2) is 11.5 Å². The molecule has 0 heterocycles. The van der Waals surface area contributed by atoms with Crippen LogP contribution in [0.1, 0.15) is 34.7 Å². The highest BCUT2D eigenvalue weighted by Gasteiger charge is 2.12. The largest absolute Gasteiger partial charge is 0.490 e. The van der Waals surface area contributed by atoms with E-state index >= 15 is 0 Å². The number of hydrogen-bond donors (Lipinski definition) is 1. The van der Waals surface area contributed by atoms with Gasteiger partial charge in [-0.1, -0.05) is 41.9 Å². The van der Waals surface area contributed by atoms with Crippen LogP contribution in [0.5, 0.6) is 11.5 Å². The molecule has 0 spiro atoms. The normalized spacial score (nSPS) is 10.7. The fourth-order valence-electron chi connectivity index (χ4n) is 3.07. The molecule has 0 radical (unpaired) electrons. The van der Waals surface area contributed by atoms with Crippen molar-refractivity contribution in [3.05, 3.63) is 87.4 Å². The first-order valence-electron chi connectivity index (χ1n) is 9.91. The summed E-state index contributed by atoms with van der Waals surface area (Å²) < 4.78 is 11.9. The Morgan fingerprint density at radius 3 is 2.28 bits per heavy atom. The smallest absolute Gasteiger partial charge is 0.163 e. The molecule has 3 aromatic rings. The lowest BCUT2D eigenvalue weighted by molar-refractivity contribution is 0.268. The molecule has 0 aliphatic rings. The van der Waals surface area contributed by atoms with E-state index in [0.717, 1.165) is 16.8 Å². The number of ether oxygens (including phenoxy) is 2. The summed E-state index contributed by atoms with van der Waals surface area (Å²) in [7, 11) is 0. The van der Waals surface area contributed by atoms with Gasteiger partial charge < -0.3 is 14.8 Å². The number of anilines is 1. The maximum atomic E-state index is 6.56. The molecule has 0 bridgehead atoms. The van der Waals surface area contributed by atoms with Crippen molar-refractivity contribution in [2.24, 2.45) is 0 Å². The molecule has 0 aromatic heterocycles. The van der Waals surface area contributed by atoms with Gasteiger partial charge in [0.2, 0.25) is 0 Å². The van der Waals surface area contributed by atoms with E-state index in [-0.39, 0.29) is 0 Å². The van der Waals surface area contributed by atoms with Crippen molar-refractivity contribution in [1.82, 2.24) is 0 Å². The van der Waals surface area contributed by atoms with Crippen molar-refractivity contribution in [3.8, 4) is 11.5 Å². The molecule has 4 heteroatoms. The maximum Gasteiger partial charge on any atom is 0.163 e. The standard InChI is InChI=1S/C25H28ClNO2/c1-5-28-24-13-21(15-27-22-11-10-17(2)19(4)12-22)23(26)14-25(24)29-16-20-9-7-6-8-18(20)3/h6-14,27H,5,15-16H2,1-4H3. The second kappa shape index (κ2) is 9.71. The summed E-state index contributed by atoms with van der Waals surface area (Å²) in [6, 6.07) is 18.4. The van der Waals surface area contributed by atoms with Gasteiger partial charge in [0.05, 0.1) is 6.61 Å². The van der Waals surface area contributed by atoms with Crippen LogP contribution in [0.15, 0.2) is 54.6 Å². The molecular formula is C25H28ClNO2.